The number of benzene rings is 1. The molecule has 0 aliphatic carbocycles. The fraction of sp³-hybridized carbons (Fsp3) is 0.533. The van der Waals surface area contributed by atoms with Crippen molar-refractivity contribution in [2.24, 2.45) is 5.92 Å². The van der Waals surface area contributed by atoms with Crippen LogP contribution in [0.3, 0.4) is 0 Å². The summed E-state index contributed by atoms with van der Waals surface area (Å²) in [7, 11) is 0. The number of carbonyl (C=O) groups is 1. The lowest BCUT2D eigenvalue weighted by atomic mass is 10.1. The molecule has 3 nitrogen and oxygen atoms in total. The highest BCUT2D eigenvalue weighted by Crippen LogP contribution is 2.23. The molecular formula is C15H22BrNO2. The van der Waals surface area contributed by atoms with E-state index < -0.39 is 6.10 Å². The predicted octanol–water partition coefficient (Wildman–Crippen LogP) is 3.69. The number of halogens is 1. The van der Waals surface area contributed by atoms with E-state index in [2.05, 4.69) is 35.1 Å². The van der Waals surface area contributed by atoms with Crippen molar-refractivity contribution in [3.63, 3.8) is 0 Å². The molecule has 0 aliphatic rings. The molecule has 1 unspecified atom stereocenters. The van der Waals surface area contributed by atoms with E-state index in [9.17, 15) is 4.79 Å². The minimum atomic E-state index is -0.486. The average Bonchev–Trinajstić information content (AvgIpc) is 2.33. The van der Waals surface area contributed by atoms with Gasteiger partial charge in [0.2, 0.25) is 0 Å². The van der Waals surface area contributed by atoms with Gasteiger partial charge < -0.3 is 10.1 Å². The van der Waals surface area contributed by atoms with Crippen molar-refractivity contribution in [1.82, 2.24) is 5.32 Å². The lowest BCUT2D eigenvalue weighted by molar-refractivity contribution is -0.127. The fourth-order valence-corrected chi connectivity index (χ4v) is 1.91. The van der Waals surface area contributed by atoms with Gasteiger partial charge in [-0.05, 0) is 43.9 Å². The van der Waals surface area contributed by atoms with E-state index in [0.29, 0.717) is 12.5 Å². The van der Waals surface area contributed by atoms with Crippen molar-refractivity contribution in [3.05, 3.63) is 28.2 Å². The van der Waals surface area contributed by atoms with Crippen LogP contribution in [0.4, 0.5) is 0 Å². The number of nitrogens with one attached hydrogen (secondary N) is 1. The van der Waals surface area contributed by atoms with Crippen LogP contribution >= 0.6 is 15.9 Å². The Balaban J connectivity index is 2.51. The molecule has 1 aromatic carbocycles. The van der Waals surface area contributed by atoms with Crippen LogP contribution in [0.5, 0.6) is 5.75 Å². The first kappa shape index (κ1) is 16.0. The van der Waals surface area contributed by atoms with Crippen LogP contribution in [0.2, 0.25) is 0 Å². The Labute approximate surface area is 123 Å². The molecule has 0 saturated heterocycles. The van der Waals surface area contributed by atoms with Gasteiger partial charge in [0.05, 0.1) is 0 Å². The molecule has 1 N–H and O–H groups in total. The molecule has 1 aromatic rings. The normalized spacial score (nSPS) is 12.3. The van der Waals surface area contributed by atoms with E-state index in [1.54, 1.807) is 6.92 Å². The number of hydrogen-bond donors (Lipinski definition) is 1. The molecule has 0 heterocycles. The zero-order chi connectivity index (χ0) is 14.4. The quantitative estimate of drug-likeness (QED) is 0.865. The molecule has 106 valence electrons. The van der Waals surface area contributed by atoms with Crippen LogP contribution < -0.4 is 10.1 Å². The van der Waals surface area contributed by atoms with E-state index in [-0.39, 0.29) is 5.91 Å². The zero-order valence-corrected chi connectivity index (χ0v) is 13.6. The highest BCUT2D eigenvalue weighted by Gasteiger charge is 2.15. The van der Waals surface area contributed by atoms with Gasteiger partial charge in [0, 0.05) is 11.0 Å². The van der Waals surface area contributed by atoms with Gasteiger partial charge in [0.15, 0.2) is 6.10 Å². The van der Waals surface area contributed by atoms with Gasteiger partial charge in [-0.3, -0.25) is 4.79 Å². The summed E-state index contributed by atoms with van der Waals surface area (Å²) < 4.78 is 6.65. The first-order valence-electron chi connectivity index (χ1n) is 6.60. The van der Waals surface area contributed by atoms with E-state index >= 15 is 0 Å². The number of amides is 1. The Hall–Kier alpha value is -1.03. The highest BCUT2D eigenvalue weighted by molar-refractivity contribution is 9.10. The SMILES string of the molecule is Cc1ccc(Br)cc1OC(C)C(=O)NCCC(C)C. The Kier molecular flexibility index (Phi) is 6.35. The standard InChI is InChI=1S/C15H22BrNO2/c1-10(2)7-8-17-15(18)12(4)19-14-9-13(16)6-5-11(14)3/h5-6,9-10,12H,7-8H2,1-4H3,(H,17,18). The van der Waals surface area contributed by atoms with Gasteiger partial charge in [-0.15, -0.1) is 0 Å². The molecule has 4 heteroatoms. The number of carbonyl (C=O) groups excluding carboxylic acids is 1. The third-order valence-corrected chi connectivity index (χ3v) is 3.34. The first-order valence-corrected chi connectivity index (χ1v) is 7.40. The van der Waals surface area contributed by atoms with Crippen LogP contribution in [0.1, 0.15) is 32.8 Å². The van der Waals surface area contributed by atoms with Gasteiger partial charge in [0.1, 0.15) is 5.75 Å². The molecule has 0 radical (unpaired) electrons. The predicted molar refractivity (Wildman–Crippen MR) is 81.4 cm³/mol. The topological polar surface area (TPSA) is 38.3 Å². The summed E-state index contributed by atoms with van der Waals surface area (Å²) in [6, 6.07) is 5.80. The molecule has 19 heavy (non-hydrogen) atoms. The molecule has 1 rings (SSSR count). The molecule has 1 amide bonds. The van der Waals surface area contributed by atoms with Crippen molar-refractivity contribution in [2.75, 3.05) is 6.54 Å². The maximum Gasteiger partial charge on any atom is 0.260 e. The van der Waals surface area contributed by atoms with E-state index in [1.165, 1.54) is 0 Å². The van der Waals surface area contributed by atoms with E-state index in [1.807, 2.05) is 25.1 Å². The van der Waals surface area contributed by atoms with Gasteiger partial charge >= 0.3 is 0 Å². The number of rotatable bonds is 6. The maximum atomic E-state index is 11.9. The van der Waals surface area contributed by atoms with Crippen molar-refractivity contribution >= 4 is 21.8 Å². The third kappa shape index (κ3) is 5.64. The minimum Gasteiger partial charge on any atom is -0.481 e. The second kappa shape index (κ2) is 7.53. The molecule has 0 aromatic heterocycles. The highest BCUT2D eigenvalue weighted by atomic mass is 79.9. The summed E-state index contributed by atoms with van der Waals surface area (Å²) in [5.74, 6) is 1.25. The average molecular weight is 328 g/mol. The molecule has 0 bridgehead atoms. The molecule has 0 saturated carbocycles. The molecule has 0 aliphatic heterocycles. The van der Waals surface area contributed by atoms with Gasteiger partial charge in [-0.1, -0.05) is 35.8 Å². The van der Waals surface area contributed by atoms with Crippen LogP contribution in [-0.2, 0) is 4.79 Å². The summed E-state index contributed by atoms with van der Waals surface area (Å²) >= 11 is 3.40. The summed E-state index contributed by atoms with van der Waals surface area (Å²) in [6.07, 6.45) is 0.495. The van der Waals surface area contributed by atoms with Crippen molar-refractivity contribution < 1.29 is 9.53 Å². The van der Waals surface area contributed by atoms with Gasteiger partial charge in [0.25, 0.3) is 5.91 Å². The van der Waals surface area contributed by atoms with Crippen molar-refractivity contribution in [1.29, 1.82) is 0 Å². The molecular weight excluding hydrogens is 306 g/mol. The Bertz CT molecular complexity index is 432. The number of hydrogen-bond acceptors (Lipinski definition) is 2. The minimum absolute atomic E-state index is 0.0694. The largest absolute Gasteiger partial charge is 0.481 e. The van der Waals surface area contributed by atoms with Gasteiger partial charge in [-0.25, -0.2) is 0 Å². The lowest BCUT2D eigenvalue weighted by Crippen LogP contribution is -2.37. The van der Waals surface area contributed by atoms with Crippen LogP contribution in [-0.4, -0.2) is 18.6 Å². The summed E-state index contributed by atoms with van der Waals surface area (Å²) in [6.45, 7) is 8.70. The second-order valence-corrected chi connectivity index (χ2v) is 6.06. The van der Waals surface area contributed by atoms with Crippen molar-refractivity contribution in [3.8, 4) is 5.75 Å². The zero-order valence-electron chi connectivity index (χ0n) is 12.0. The summed E-state index contributed by atoms with van der Waals surface area (Å²) in [4.78, 5) is 11.9. The Morgan fingerprint density at radius 1 is 1.37 bits per heavy atom. The Morgan fingerprint density at radius 2 is 2.05 bits per heavy atom. The Morgan fingerprint density at radius 3 is 2.68 bits per heavy atom. The number of ether oxygens (including phenoxy) is 1. The van der Waals surface area contributed by atoms with E-state index in [4.69, 9.17) is 4.74 Å². The molecule has 1 atom stereocenters. The first-order chi connectivity index (χ1) is 8.90. The third-order valence-electron chi connectivity index (χ3n) is 2.84. The number of aryl methyl sites for hydroxylation is 1. The monoisotopic (exact) mass is 327 g/mol. The smallest absolute Gasteiger partial charge is 0.260 e. The van der Waals surface area contributed by atoms with Crippen LogP contribution in [0.25, 0.3) is 0 Å². The van der Waals surface area contributed by atoms with Crippen LogP contribution in [0.15, 0.2) is 22.7 Å². The lowest BCUT2D eigenvalue weighted by Gasteiger charge is -2.17. The van der Waals surface area contributed by atoms with Crippen LogP contribution in [0, 0.1) is 12.8 Å². The summed E-state index contributed by atoms with van der Waals surface area (Å²) in [5.41, 5.74) is 1.02. The molecule has 0 fully saturated rings. The van der Waals surface area contributed by atoms with Gasteiger partial charge in [-0.2, -0.15) is 0 Å². The molecule has 0 spiro atoms. The fourth-order valence-electron chi connectivity index (χ4n) is 1.57. The second-order valence-electron chi connectivity index (χ2n) is 5.14. The maximum absolute atomic E-state index is 11.9. The summed E-state index contributed by atoms with van der Waals surface area (Å²) in [5, 5.41) is 2.89. The van der Waals surface area contributed by atoms with Crippen molar-refractivity contribution in [2.45, 2.75) is 40.2 Å². The van der Waals surface area contributed by atoms with E-state index in [0.717, 1.165) is 22.2 Å².